The van der Waals surface area contributed by atoms with Crippen LogP contribution in [0.15, 0.2) is 46.6 Å². The molecular formula is C36H46F2N10O6S3. The number of anilines is 4. The number of halogens is 2. The predicted molar refractivity (Wildman–Crippen MR) is 226 cm³/mol. The monoisotopic (exact) mass is 848 g/mol. The summed E-state index contributed by atoms with van der Waals surface area (Å²) >= 11 is 11.6. The molecule has 0 unspecified atom stereocenters. The van der Waals surface area contributed by atoms with E-state index in [2.05, 4.69) is 33.2 Å². The Morgan fingerprint density at radius 3 is 1.68 bits per heavy atom. The molecule has 3 N–H and O–H groups in total. The fourth-order valence-electron chi connectivity index (χ4n) is 5.64. The molecule has 2 saturated heterocycles. The zero-order valence-corrected chi connectivity index (χ0v) is 34.6. The van der Waals surface area contributed by atoms with E-state index in [0.717, 1.165) is 9.95 Å². The van der Waals surface area contributed by atoms with Gasteiger partial charge in [-0.2, -0.15) is 10.2 Å². The van der Waals surface area contributed by atoms with Gasteiger partial charge in [-0.3, -0.25) is 24.4 Å². The summed E-state index contributed by atoms with van der Waals surface area (Å²) in [6.07, 6.45) is 1.01. The molecule has 0 saturated carbocycles. The number of benzene rings is 2. The highest BCUT2D eigenvalue weighted by Gasteiger charge is 2.34. The molecule has 0 aliphatic carbocycles. The van der Waals surface area contributed by atoms with Gasteiger partial charge in [0.25, 0.3) is 0 Å². The standard InChI is InChI=1S/C17H20FN5O3S.C15H18FN5O3.C4H8S2/c1-11(24)19-8-14-9-22(17(25)26-14)13-3-4-16(15(18)7-13)21-5-6-23(12(2)27)20-10-21;1-10(22)17-7-12-8-21(15(23)24-12)11-2-3-14(13(16)6-11)20-5-4-18-19-9-20;1-3-6-4(2)5/h3-4,7,10,14H,5-6,8-9H2,1-2H3,(H,19,24);2-3,6,9,12,18H,4-5,7-8H2,1H3,(H,17,22);3H2,1-2H3/t14-;12-;/m00./s1. The highest BCUT2D eigenvalue weighted by atomic mass is 32.2. The maximum Gasteiger partial charge on any atom is 0.414 e. The summed E-state index contributed by atoms with van der Waals surface area (Å²) in [5.41, 5.74) is 4.37. The molecule has 16 nitrogen and oxygen atoms in total. The Morgan fingerprint density at radius 2 is 1.33 bits per heavy atom. The van der Waals surface area contributed by atoms with E-state index in [1.54, 1.807) is 57.8 Å². The van der Waals surface area contributed by atoms with Crippen molar-refractivity contribution in [3.05, 3.63) is 48.0 Å². The molecule has 2 atom stereocenters. The number of nitrogens with one attached hydrogen (secondary N) is 3. The first-order valence-corrected chi connectivity index (χ1v) is 19.8. The number of carbonyl (C=O) groups excluding carboxylic acids is 4. The molecule has 4 aliphatic rings. The van der Waals surface area contributed by atoms with Gasteiger partial charge >= 0.3 is 12.2 Å². The minimum absolute atomic E-state index is 0.197. The molecule has 6 rings (SSSR count). The molecule has 0 spiro atoms. The summed E-state index contributed by atoms with van der Waals surface area (Å²) in [5, 5.41) is 15.0. The van der Waals surface area contributed by atoms with Crippen LogP contribution in [0.1, 0.15) is 34.6 Å². The van der Waals surface area contributed by atoms with E-state index in [9.17, 15) is 28.0 Å². The van der Waals surface area contributed by atoms with Gasteiger partial charge in [0, 0.05) is 31.1 Å². The number of hydrogen-bond acceptors (Lipinski definition) is 14. The van der Waals surface area contributed by atoms with Crippen molar-refractivity contribution < 1.29 is 37.4 Å². The number of cyclic esters (lactones) is 2. The van der Waals surface area contributed by atoms with E-state index in [0.29, 0.717) is 53.9 Å². The molecule has 4 amide bonds. The summed E-state index contributed by atoms with van der Waals surface area (Å²) in [4.78, 5) is 52.7. The first-order valence-electron chi connectivity index (χ1n) is 18.0. The number of hydrogen-bond donors (Lipinski definition) is 3. The van der Waals surface area contributed by atoms with Crippen LogP contribution in [0.2, 0.25) is 0 Å². The second-order valence-electron chi connectivity index (χ2n) is 12.7. The highest BCUT2D eigenvalue weighted by Crippen LogP contribution is 2.29. The molecular weight excluding hydrogens is 803 g/mol. The summed E-state index contributed by atoms with van der Waals surface area (Å²) in [7, 11) is 0. The van der Waals surface area contributed by atoms with Gasteiger partial charge in [-0.15, -0.1) is 11.8 Å². The Morgan fingerprint density at radius 1 is 0.825 bits per heavy atom. The molecule has 0 radical (unpaired) electrons. The Bertz CT molecular complexity index is 1870. The van der Waals surface area contributed by atoms with Crippen LogP contribution < -0.4 is 35.7 Å². The molecule has 57 heavy (non-hydrogen) atoms. The van der Waals surface area contributed by atoms with E-state index in [1.807, 2.05) is 6.92 Å². The van der Waals surface area contributed by atoms with Crippen molar-refractivity contribution in [2.24, 2.45) is 10.2 Å². The van der Waals surface area contributed by atoms with Gasteiger partial charge in [0.05, 0.1) is 67.0 Å². The lowest BCUT2D eigenvalue weighted by Gasteiger charge is -2.29. The second-order valence-corrected chi connectivity index (χ2v) is 15.7. The highest BCUT2D eigenvalue weighted by molar-refractivity contribution is 8.23. The van der Waals surface area contributed by atoms with Gasteiger partial charge in [0.1, 0.15) is 36.5 Å². The van der Waals surface area contributed by atoms with Crippen LogP contribution in [0.3, 0.4) is 0 Å². The minimum Gasteiger partial charge on any atom is -0.442 e. The number of thiocarbonyl (C=S) groups is 2. The van der Waals surface area contributed by atoms with Crippen LogP contribution in [-0.4, -0.2) is 121 Å². The average Bonchev–Trinajstić information content (AvgIpc) is 3.75. The van der Waals surface area contributed by atoms with E-state index < -0.39 is 36.0 Å². The Kier molecular flexibility index (Phi) is 16.7. The first-order chi connectivity index (χ1) is 27.2. The van der Waals surface area contributed by atoms with Crippen molar-refractivity contribution in [3.63, 3.8) is 0 Å². The van der Waals surface area contributed by atoms with Gasteiger partial charge in [0.15, 0.2) is 0 Å². The van der Waals surface area contributed by atoms with Crippen molar-refractivity contribution in [2.45, 2.75) is 46.8 Å². The number of carbonyl (C=O) groups is 4. The number of ether oxygens (including phenoxy) is 2. The Labute approximate surface area is 344 Å². The maximum atomic E-state index is 14.6. The average molecular weight is 849 g/mol. The number of thioether (sulfide) groups is 1. The Balaban J connectivity index is 0.000000222. The smallest absolute Gasteiger partial charge is 0.414 e. The molecule has 4 aliphatic heterocycles. The second kappa shape index (κ2) is 21.4. The minimum atomic E-state index is -0.566. The third-order valence-corrected chi connectivity index (χ3v) is 9.62. The summed E-state index contributed by atoms with van der Waals surface area (Å²) in [6, 6.07) is 9.12. The Hall–Kier alpha value is -5.15. The zero-order chi connectivity index (χ0) is 41.6. The van der Waals surface area contributed by atoms with Crippen LogP contribution in [0.4, 0.5) is 41.1 Å². The van der Waals surface area contributed by atoms with Gasteiger partial charge in [-0.05, 0) is 56.0 Å². The lowest BCUT2D eigenvalue weighted by molar-refractivity contribution is -0.120. The third kappa shape index (κ3) is 13.2. The summed E-state index contributed by atoms with van der Waals surface area (Å²) in [5.74, 6) is -0.207. The van der Waals surface area contributed by atoms with Gasteiger partial charge in [-0.25, -0.2) is 18.4 Å². The molecule has 308 valence electrons. The number of rotatable bonds is 9. The number of hydrazone groups is 2. The largest absolute Gasteiger partial charge is 0.442 e. The van der Waals surface area contributed by atoms with Crippen LogP contribution in [0.25, 0.3) is 0 Å². The summed E-state index contributed by atoms with van der Waals surface area (Å²) in [6.45, 7) is 11.9. The van der Waals surface area contributed by atoms with Gasteiger partial charge < -0.3 is 35.3 Å². The van der Waals surface area contributed by atoms with E-state index in [1.165, 1.54) is 48.5 Å². The fraction of sp³-hybridized carbons (Fsp3) is 0.444. The van der Waals surface area contributed by atoms with Crippen molar-refractivity contribution >= 4 is 105 Å². The fourth-order valence-corrected chi connectivity index (χ4v) is 6.54. The van der Waals surface area contributed by atoms with Crippen molar-refractivity contribution in [3.8, 4) is 0 Å². The molecule has 2 aromatic carbocycles. The molecule has 4 heterocycles. The molecule has 21 heteroatoms. The lowest BCUT2D eigenvalue weighted by Crippen LogP contribution is -2.39. The van der Waals surface area contributed by atoms with Gasteiger partial charge in [-0.1, -0.05) is 31.4 Å². The van der Waals surface area contributed by atoms with E-state index >= 15 is 0 Å². The van der Waals surface area contributed by atoms with Crippen LogP contribution in [0.5, 0.6) is 0 Å². The molecule has 2 fully saturated rings. The van der Waals surface area contributed by atoms with E-state index in [-0.39, 0.29) is 38.0 Å². The van der Waals surface area contributed by atoms with Crippen LogP contribution in [-0.2, 0) is 19.1 Å². The third-order valence-electron chi connectivity index (χ3n) is 8.36. The topological polar surface area (TPSA) is 164 Å². The van der Waals surface area contributed by atoms with Crippen LogP contribution in [0, 0.1) is 11.6 Å². The summed E-state index contributed by atoms with van der Waals surface area (Å²) < 4.78 is 40.5. The maximum absolute atomic E-state index is 14.6. The number of nitrogens with zero attached hydrogens (tertiary/aromatic N) is 7. The van der Waals surface area contributed by atoms with Crippen LogP contribution >= 0.6 is 36.2 Å². The molecule has 2 aromatic rings. The zero-order valence-electron chi connectivity index (χ0n) is 32.2. The molecule has 0 bridgehead atoms. The molecule has 0 aromatic heterocycles. The first kappa shape index (κ1) is 44.6. The normalized spacial score (nSPS) is 18.4. The number of amides is 4. The van der Waals surface area contributed by atoms with E-state index in [4.69, 9.17) is 33.9 Å². The SMILES string of the molecule is CC(=O)NC[C@H]1CN(c2ccc(N3C=NN(C(C)=S)CC3)c(F)c2)C(=O)O1.CC(=O)NC[C@H]1CN(c2ccc(N3C=NNCC3)c(F)c2)C(=O)O1.CCSC(C)=S. The van der Waals surface area contributed by atoms with Crippen molar-refractivity contribution in [1.29, 1.82) is 0 Å². The lowest BCUT2D eigenvalue weighted by atomic mass is 10.2. The van der Waals surface area contributed by atoms with Crippen molar-refractivity contribution in [1.82, 2.24) is 21.1 Å². The van der Waals surface area contributed by atoms with Crippen molar-refractivity contribution in [2.75, 3.05) is 77.7 Å². The predicted octanol–water partition coefficient (Wildman–Crippen LogP) is 4.43. The van der Waals surface area contributed by atoms with Gasteiger partial charge in [0.2, 0.25) is 11.8 Å². The quantitative estimate of drug-likeness (QED) is 0.304.